The van der Waals surface area contributed by atoms with Gasteiger partial charge in [-0.3, -0.25) is 0 Å². The average molecular weight is 361 g/mol. The third-order valence-electron chi connectivity index (χ3n) is 1.93. The van der Waals surface area contributed by atoms with Crippen molar-refractivity contribution in [2.24, 2.45) is 5.84 Å². The van der Waals surface area contributed by atoms with Gasteiger partial charge in [0.2, 0.25) is 11.6 Å². The Labute approximate surface area is 129 Å². The lowest BCUT2D eigenvalue weighted by Crippen LogP contribution is -2.15. The van der Waals surface area contributed by atoms with Crippen LogP contribution in [-0.4, -0.2) is 19.9 Å². The Morgan fingerprint density at radius 1 is 0.870 bits per heavy atom. The number of hydrogen-bond acceptors (Lipinski definition) is 6. The van der Waals surface area contributed by atoms with E-state index in [1.165, 1.54) is 12.1 Å². The summed E-state index contributed by atoms with van der Waals surface area (Å²) >= 11 is 5.20. The van der Waals surface area contributed by atoms with E-state index in [2.05, 4.69) is 19.9 Å². The molecule has 0 aliphatic rings. The van der Waals surface area contributed by atoms with E-state index in [-0.39, 0.29) is 11.0 Å². The highest BCUT2D eigenvalue weighted by Gasteiger charge is 2.35. The number of nitrogen functional groups attached to an aromatic ring is 1. The summed E-state index contributed by atoms with van der Waals surface area (Å²) in [4.78, 5) is 12.1. The van der Waals surface area contributed by atoms with Gasteiger partial charge in [0.1, 0.15) is 11.0 Å². The first-order valence-electron chi connectivity index (χ1n) is 5.46. The lowest BCUT2D eigenvalue weighted by Gasteiger charge is -2.04. The summed E-state index contributed by atoms with van der Waals surface area (Å²) in [5.74, 6) is 2.35. The van der Waals surface area contributed by atoms with Gasteiger partial charge in [0.05, 0.1) is 0 Å². The van der Waals surface area contributed by atoms with Gasteiger partial charge >= 0.3 is 12.4 Å². The molecule has 0 bridgehead atoms. The number of alkyl halides is 6. The molecule has 3 N–H and O–H groups in total. The summed E-state index contributed by atoms with van der Waals surface area (Å²) in [6.45, 7) is 0. The highest BCUT2D eigenvalue weighted by Crippen LogP contribution is 2.26. The summed E-state index contributed by atoms with van der Waals surface area (Å²) < 4.78 is 71.1. The standard InChI is InChI=1S/C5H2ClF3N2.C5H5F3N4/c6-3-1-2-10-4(11-3)5(7,8)9;6-5(7,8)4-10-2-1-3(11-4)12-9/h1-2H;1-2H,9H2,(H,10,11,12). The van der Waals surface area contributed by atoms with Crippen LogP contribution in [0.2, 0.25) is 5.15 Å². The van der Waals surface area contributed by atoms with Gasteiger partial charge in [-0.15, -0.1) is 0 Å². The third-order valence-corrected chi connectivity index (χ3v) is 2.14. The molecule has 126 valence electrons. The number of hydrogen-bond donors (Lipinski definition) is 2. The molecule has 6 nitrogen and oxygen atoms in total. The van der Waals surface area contributed by atoms with Crippen LogP contribution >= 0.6 is 11.6 Å². The van der Waals surface area contributed by atoms with E-state index in [4.69, 9.17) is 17.4 Å². The Kier molecular flexibility index (Phi) is 6.04. The van der Waals surface area contributed by atoms with Crippen LogP contribution in [-0.2, 0) is 12.4 Å². The summed E-state index contributed by atoms with van der Waals surface area (Å²) in [5, 5.41) is -0.215. The van der Waals surface area contributed by atoms with E-state index in [0.717, 1.165) is 12.4 Å². The smallest absolute Gasteiger partial charge is 0.308 e. The SMILES string of the molecule is FC(F)(F)c1nccc(Cl)n1.NNc1ccnc(C(F)(F)F)n1. The van der Waals surface area contributed by atoms with Crippen molar-refractivity contribution in [3.05, 3.63) is 41.3 Å². The minimum absolute atomic E-state index is 0.0719. The molecule has 2 aromatic heterocycles. The van der Waals surface area contributed by atoms with Crippen molar-refractivity contribution in [1.29, 1.82) is 0 Å². The second-order valence-electron chi connectivity index (χ2n) is 3.61. The largest absolute Gasteiger partial charge is 0.451 e. The van der Waals surface area contributed by atoms with Gasteiger partial charge in [0.15, 0.2) is 0 Å². The zero-order valence-electron chi connectivity index (χ0n) is 10.8. The molecule has 0 radical (unpaired) electrons. The molecule has 2 rings (SSSR count). The molecule has 0 aliphatic carbocycles. The number of rotatable bonds is 1. The lowest BCUT2D eigenvalue weighted by molar-refractivity contribution is -0.145. The van der Waals surface area contributed by atoms with E-state index >= 15 is 0 Å². The average Bonchev–Trinajstić information content (AvgIpc) is 2.46. The molecule has 2 aromatic rings. The molecule has 0 aromatic carbocycles. The molecule has 0 spiro atoms. The van der Waals surface area contributed by atoms with Gasteiger partial charge in [-0.05, 0) is 6.07 Å². The van der Waals surface area contributed by atoms with Crippen LogP contribution in [0.4, 0.5) is 32.2 Å². The monoisotopic (exact) mass is 360 g/mol. The molecule has 0 fully saturated rings. The van der Waals surface area contributed by atoms with Crippen molar-refractivity contribution in [2.75, 3.05) is 5.43 Å². The molecule has 2 heterocycles. The minimum Gasteiger partial charge on any atom is -0.308 e. The van der Waals surface area contributed by atoms with Crippen molar-refractivity contribution >= 4 is 17.4 Å². The molecule has 13 heteroatoms. The Bertz CT molecular complexity index is 646. The van der Waals surface area contributed by atoms with Gasteiger partial charge in [-0.25, -0.2) is 25.8 Å². The van der Waals surface area contributed by atoms with Gasteiger partial charge < -0.3 is 5.43 Å². The first-order chi connectivity index (χ1) is 10.5. The van der Waals surface area contributed by atoms with E-state index in [1.54, 1.807) is 0 Å². The number of halogens is 7. The van der Waals surface area contributed by atoms with E-state index in [1.807, 2.05) is 5.43 Å². The third kappa shape index (κ3) is 6.20. The van der Waals surface area contributed by atoms with Crippen molar-refractivity contribution in [2.45, 2.75) is 12.4 Å². The predicted molar refractivity (Wildman–Crippen MR) is 66.9 cm³/mol. The first-order valence-corrected chi connectivity index (χ1v) is 5.84. The number of nitrogens with zero attached hydrogens (tertiary/aromatic N) is 4. The van der Waals surface area contributed by atoms with Crippen molar-refractivity contribution < 1.29 is 26.3 Å². The Morgan fingerprint density at radius 2 is 1.35 bits per heavy atom. The van der Waals surface area contributed by atoms with Crippen molar-refractivity contribution in [1.82, 2.24) is 19.9 Å². The highest BCUT2D eigenvalue weighted by atomic mass is 35.5. The maximum atomic E-state index is 11.9. The summed E-state index contributed by atoms with van der Waals surface area (Å²) in [5.41, 5.74) is 1.99. The zero-order chi connectivity index (χ0) is 17.7. The van der Waals surface area contributed by atoms with Gasteiger partial charge in [-0.2, -0.15) is 26.3 Å². The van der Waals surface area contributed by atoms with E-state index in [9.17, 15) is 26.3 Å². The summed E-state index contributed by atoms with van der Waals surface area (Å²) in [6.07, 6.45) is -7.12. The highest BCUT2D eigenvalue weighted by molar-refractivity contribution is 6.29. The molecule has 0 saturated heterocycles. The molecule has 0 aliphatic heterocycles. The quantitative estimate of drug-likeness (QED) is 0.352. The zero-order valence-corrected chi connectivity index (χ0v) is 11.6. The lowest BCUT2D eigenvalue weighted by atomic mass is 10.5. The van der Waals surface area contributed by atoms with E-state index in [0.29, 0.717) is 0 Å². The van der Waals surface area contributed by atoms with Gasteiger partial charge in [0.25, 0.3) is 0 Å². The summed E-state index contributed by atoms with van der Waals surface area (Å²) in [7, 11) is 0. The number of hydrazine groups is 1. The van der Waals surface area contributed by atoms with Crippen LogP contribution in [0.3, 0.4) is 0 Å². The number of aromatic nitrogens is 4. The first kappa shape index (κ1) is 18.8. The van der Waals surface area contributed by atoms with Gasteiger partial charge in [-0.1, -0.05) is 11.6 Å². The van der Waals surface area contributed by atoms with Crippen LogP contribution in [0.5, 0.6) is 0 Å². The molecule has 0 atom stereocenters. The Hall–Kier alpha value is -2.21. The second kappa shape index (κ2) is 7.37. The fraction of sp³-hybridized carbons (Fsp3) is 0.200. The second-order valence-corrected chi connectivity index (χ2v) is 4.00. The predicted octanol–water partition coefficient (Wildman–Crippen LogP) is 2.93. The Morgan fingerprint density at radius 3 is 1.74 bits per heavy atom. The fourth-order valence-electron chi connectivity index (χ4n) is 1.05. The summed E-state index contributed by atoms with van der Waals surface area (Å²) in [6, 6.07) is 2.41. The maximum Gasteiger partial charge on any atom is 0.451 e. The van der Waals surface area contributed by atoms with Gasteiger partial charge in [0, 0.05) is 18.5 Å². The van der Waals surface area contributed by atoms with Crippen molar-refractivity contribution in [3.63, 3.8) is 0 Å². The van der Waals surface area contributed by atoms with Crippen LogP contribution in [0.15, 0.2) is 24.5 Å². The van der Waals surface area contributed by atoms with Crippen LogP contribution in [0, 0.1) is 0 Å². The van der Waals surface area contributed by atoms with Crippen LogP contribution in [0.1, 0.15) is 11.6 Å². The maximum absolute atomic E-state index is 11.9. The normalized spacial score (nSPS) is 11.5. The Balaban J connectivity index is 0.000000231. The molecule has 23 heavy (non-hydrogen) atoms. The minimum atomic E-state index is -4.53. The fourth-order valence-corrected chi connectivity index (χ4v) is 1.19. The number of nitrogens with two attached hydrogens (primary N) is 1. The molecular weight excluding hydrogens is 354 g/mol. The van der Waals surface area contributed by atoms with Crippen LogP contribution < -0.4 is 11.3 Å². The number of anilines is 1. The molecular formula is C10H7ClF6N6. The van der Waals surface area contributed by atoms with Crippen molar-refractivity contribution in [3.8, 4) is 0 Å². The van der Waals surface area contributed by atoms with E-state index < -0.39 is 24.0 Å². The molecule has 0 saturated carbocycles. The topological polar surface area (TPSA) is 89.6 Å². The molecule has 0 amide bonds. The number of nitrogens with one attached hydrogen (secondary N) is 1. The van der Waals surface area contributed by atoms with Crippen LogP contribution in [0.25, 0.3) is 0 Å². The molecule has 0 unspecified atom stereocenters.